The molecule has 76 valence electrons. The number of benzene rings is 1. The van der Waals surface area contributed by atoms with Gasteiger partial charge in [-0.25, -0.2) is 0 Å². The molecule has 0 saturated carbocycles. The van der Waals surface area contributed by atoms with E-state index in [1.807, 2.05) is 44.2 Å². The molecule has 0 unspecified atom stereocenters. The topological polar surface area (TPSA) is 24.1 Å². The summed E-state index contributed by atoms with van der Waals surface area (Å²) >= 11 is 0. The second-order valence-corrected chi connectivity index (χ2v) is 3.75. The number of nitrogens with zero attached hydrogens (tertiary/aromatic N) is 1. The highest BCUT2D eigenvalue weighted by molar-refractivity contribution is 5.60. The lowest BCUT2D eigenvalue weighted by atomic mass is 10.0. The molecule has 0 amide bonds. The molecular weight excluding hydrogens is 186 g/mol. The molecule has 2 aromatic rings. The van der Waals surface area contributed by atoms with Gasteiger partial charge in [-0.1, -0.05) is 17.7 Å². The Morgan fingerprint density at radius 3 is 2.53 bits per heavy atom. The molecule has 0 spiro atoms. The van der Waals surface area contributed by atoms with Gasteiger partial charge in [0.25, 0.3) is 5.69 Å². The van der Waals surface area contributed by atoms with Crippen molar-refractivity contribution in [1.29, 1.82) is 0 Å². The van der Waals surface area contributed by atoms with Gasteiger partial charge in [0.15, 0.2) is 0 Å². The van der Waals surface area contributed by atoms with Crippen LogP contribution in [0, 0.1) is 13.8 Å². The van der Waals surface area contributed by atoms with Crippen LogP contribution in [-0.2, 0) is 0 Å². The predicted molar refractivity (Wildman–Crippen MR) is 58.7 cm³/mol. The van der Waals surface area contributed by atoms with Crippen molar-refractivity contribution in [3.8, 4) is 11.3 Å². The highest BCUT2D eigenvalue weighted by Gasteiger charge is 2.15. The summed E-state index contributed by atoms with van der Waals surface area (Å²) < 4.78 is 1.17. The van der Waals surface area contributed by atoms with E-state index in [1.54, 1.807) is 6.20 Å². The number of hydrogen-bond donors (Lipinski definition) is 1. The van der Waals surface area contributed by atoms with E-state index in [0.717, 1.165) is 16.8 Å². The third-order valence-electron chi connectivity index (χ3n) is 2.47. The number of hydrogen-bond acceptors (Lipinski definition) is 1. The van der Waals surface area contributed by atoms with Gasteiger partial charge in [-0.3, -0.25) is 5.21 Å². The molecule has 0 saturated heterocycles. The standard InChI is InChI=1S/C13H14NO/c1-10-5-3-7-12(9-10)13-11(2)6-4-8-14(13)15/h3-9,15H,1-2H3/q+1. The zero-order valence-corrected chi connectivity index (χ0v) is 8.94. The quantitative estimate of drug-likeness (QED) is 0.555. The Kier molecular flexibility index (Phi) is 2.42. The second kappa shape index (κ2) is 3.73. The molecule has 0 atom stereocenters. The Morgan fingerprint density at radius 2 is 1.87 bits per heavy atom. The summed E-state index contributed by atoms with van der Waals surface area (Å²) in [6.45, 7) is 4.04. The zero-order chi connectivity index (χ0) is 10.8. The summed E-state index contributed by atoms with van der Waals surface area (Å²) in [7, 11) is 0. The van der Waals surface area contributed by atoms with Crippen molar-refractivity contribution in [2.45, 2.75) is 13.8 Å². The van der Waals surface area contributed by atoms with Gasteiger partial charge in [0.1, 0.15) is 0 Å². The summed E-state index contributed by atoms with van der Waals surface area (Å²) in [5, 5.41) is 9.75. The molecular formula is C13H14NO+. The molecule has 1 aromatic carbocycles. The van der Waals surface area contributed by atoms with E-state index in [0.29, 0.717) is 0 Å². The molecule has 1 N–H and O–H groups in total. The van der Waals surface area contributed by atoms with Crippen LogP contribution in [0.15, 0.2) is 42.6 Å². The Morgan fingerprint density at radius 1 is 1.07 bits per heavy atom. The van der Waals surface area contributed by atoms with Crippen molar-refractivity contribution in [2.24, 2.45) is 0 Å². The SMILES string of the molecule is Cc1cccc(-c2c(C)ccc[n+]2O)c1. The molecule has 0 aliphatic carbocycles. The van der Waals surface area contributed by atoms with E-state index in [4.69, 9.17) is 0 Å². The minimum Gasteiger partial charge on any atom is -0.285 e. The third-order valence-corrected chi connectivity index (χ3v) is 2.47. The van der Waals surface area contributed by atoms with Gasteiger partial charge >= 0.3 is 0 Å². The molecule has 0 bridgehead atoms. The average Bonchev–Trinajstić information content (AvgIpc) is 2.17. The first kappa shape index (κ1) is 9.71. The summed E-state index contributed by atoms with van der Waals surface area (Å²) in [6.07, 6.45) is 1.64. The molecule has 0 fully saturated rings. The van der Waals surface area contributed by atoms with Crippen LogP contribution in [-0.4, -0.2) is 5.21 Å². The van der Waals surface area contributed by atoms with E-state index in [-0.39, 0.29) is 0 Å². The average molecular weight is 200 g/mol. The molecule has 1 heterocycles. The van der Waals surface area contributed by atoms with Crippen LogP contribution in [0.2, 0.25) is 0 Å². The van der Waals surface area contributed by atoms with Crippen LogP contribution in [0.5, 0.6) is 0 Å². The van der Waals surface area contributed by atoms with E-state index >= 15 is 0 Å². The number of pyridine rings is 1. The minimum absolute atomic E-state index is 0.848. The Balaban J connectivity index is 2.63. The molecule has 15 heavy (non-hydrogen) atoms. The van der Waals surface area contributed by atoms with Crippen LogP contribution in [0.3, 0.4) is 0 Å². The van der Waals surface area contributed by atoms with E-state index in [9.17, 15) is 5.21 Å². The fourth-order valence-electron chi connectivity index (χ4n) is 1.76. The minimum atomic E-state index is 0.848. The maximum Gasteiger partial charge on any atom is 0.267 e. The third kappa shape index (κ3) is 1.84. The van der Waals surface area contributed by atoms with Crippen molar-refractivity contribution in [1.82, 2.24) is 0 Å². The van der Waals surface area contributed by atoms with Crippen molar-refractivity contribution in [3.05, 3.63) is 53.7 Å². The molecule has 2 nitrogen and oxygen atoms in total. The van der Waals surface area contributed by atoms with Gasteiger partial charge < -0.3 is 0 Å². The summed E-state index contributed by atoms with van der Waals surface area (Å²) in [5.74, 6) is 0. The number of rotatable bonds is 1. The van der Waals surface area contributed by atoms with Crippen molar-refractivity contribution in [2.75, 3.05) is 0 Å². The number of aryl methyl sites for hydroxylation is 2. The molecule has 1 aromatic heterocycles. The van der Waals surface area contributed by atoms with Crippen LogP contribution in [0.25, 0.3) is 11.3 Å². The lowest BCUT2D eigenvalue weighted by Gasteiger charge is -2.01. The molecule has 0 radical (unpaired) electrons. The summed E-state index contributed by atoms with van der Waals surface area (Å²) in [6, 6.07) is 11.9. The van der Waals surface area contributed by atoms with Gasteiger partial charge in [-0.2, -0.15) is 0 Å². The van der Waals surface area contributed by atoms with Crippen molar-refractivity contribution in [3.63, 3.8) is 0 Å². The first-order valence-electron chi connectivity index (χ1n) is 4.96. The van der Waals surface area contributed by atoms with Gasteiger partial charge in [-0.15, -0.1) is 0 Å². The second-order valence-electron chi connectivity index (χ2n) is 3.75. The van der Waals surface area contributed by atoms with Crippen LogP contribution in [0.4, 0.5) is 0 Å². The normalized spacial score (nSPS) is 10.3. The smallest absolute Gasteiger partial charge is 0.267 e. The van der Waals surface area contributed by atoms with Crippen molar-refractivity contribution < 1.29 is 9.94 Å². The van der Waals surface area contributed by atoms with Gasteiger partial charge in [0.05, 0.1) is 5.56 Å². The molecule has 0 aliphatic rings. The summed E-state index contributed by atoms with van der Waals surface area (Å²) in [4.78, 5) is 0. The maximum absolute atomic E-state index is 9.75. The van der Waals surface area contributed by atoms with E-state index < -0.39 is 0 Å². The fraction of sp³-hybridized carbons (Fsp3) is 0.154. The van der Waals surface area contributed by atoms with Crippen LogP contribution >= 0.6 is 0 Å². The monoisotopic (exact) mass is 200 g/mol. The first-order chi connectivity index (χ1) is 7.18. The lowest BCUT2D eigenvalue weighted by Crippen LogP contribution is -2.32. The Bertz CT molecular complexity index is 471. The first-order valence-corrected chi connectivity index (χ1v) is 4.96. The van der Waals surface area contributed by atoms with Crippen molar-refractivity contribution >= 4 is 0 Å². The van der Waals surface area contributed by atoms with Gasteiger partial charge in [0.2, 0.25) is 6.20 Å². The Hall–Kier alpha value is -1.83. The van der Waals surface area contributed by atoms with Crippen LogP contribution in [0.1, 0.15) is 11.1 Å². The zero-order valence-electron chi connectivity index (χ0n) is 8.94. The van der Waals surface area contributed by atoms with E-state index in [1.165, 1.54) is 10.3 Å². The fourth-order valence-corrected chi connectivity index (χ4v) is 1.76. The van der Waals surface area contributed by atoms with E-state index in [2.05, 4.69) is 6.07 Å². The predicted octanol–water partition coefficient (Wildman–Crippen LogP) is 2.50. The Labute approximate surface area is 89.4 Å². The maximum atomic E-state index is 9.75. The van der Waals surface area contributed by atoms with Crippen LogP contribution < -0.4 is 4.73 Å². The largest absolute Gasteiger partial charge is 0.285 e. The molecule has 2 rings (SSSR count). The van der Waals surface area contributed by atoms with Gasteiger partial charge in [-0.05, 0) is 32.0 Å². The highest BCUT2D eigenvalue weighted by Crippen LogP contribution is 2.19. The number of aromatic nitrogens is 1. The highest BCUT2D eigenvalue weighted by atomic mass is 16.5. The molecule has 0 aliphatic heterocycles. The molecule has 2 heteroatoms. The van der Waals surface area contributed by atoms with Gasteiger partial charge in [0, 0.05) is 16.4 Å². The summed E-state index contributed by atoms with van der Waals surface area (Å²) in [5.41, 5.74) is 4.14. The lowest BCUT2D eigenvalue weighted by molar-refractivity contribution is -0.896.